The van der Waals surface area contributed by atoms with Crippen molar-refractivity contribution >= 4 is 17.6 Å². The van der Waals surface area contributed by atoms with Crippen molar-refractivity contribution in [2.45, 2.75) is 25.8 Å². The van der Waals surface area contributed by atoms with E-state index in [0.717, 1.165) is 0 Å². The minimum Gasteiger partial charge on any atom is -0.481 e. The summed E-state index contributed by atoms with van der Waals surface area (Å²) in [6, 6.07) is 6.90. The molecule has 0 radical (unpaired) electrons. The van der Waals surface area contributed by atoms with E-state index in [1.807, 2.05) is 19.1 Å². The van der Waals surface area contributed by atoms with Crippen LogP contribution in [0.3, 0.4) is 0 Å². The highest BCUT2D eigenvalue weighted by atomic mass is 35.5. The number of halogens is 1. The van der Waals surface area contributed by atoms with Crippen molar-refractivity contribution in [2.75, 3.05) is 0 Å². The number of tetrazole rings is 1. The highest BCUT2D eigenvalue weighted by Gasteiger charge is 2.20. The number of hydrogen-bond acceptors (Lipinski definition) is 4. The number of carboxylic acids is 1. The van der Waals surface area contributed by atoms with Crippen molar-refractivity contribution in [1.29, 1.82) is 0 Å². The van der Waals surface area contributed by atoms with E-state index in [1.165, 1.54) is 4.68 Å². The second kappa shape index (κ2) is 5.79. The lowest BCUT2D eigenvalue weighted by molar-refractivity contribution is -0.138. The van der Waals surface area contributed by atoms with E-state index < -0.39 is 5.97 Å². The first kappa shape index (κ1) is 13.5. The highest BCUT2D eigenvalue weighted by Crippen LogP contribution is 2.28. The van der Waals surface area contributed by atoms with Gasteiger partial charge in [0.05, 0.1) is 17.5 Å². The van der Waals surface area contributed by atoms with E-state index in [9.17, 15) is 4.79 Å². The third-order valence-electron chi connectivity index (χ3n) is 2.83. The van der Waals surface area contributed by atoms with Gasteiger partial charge in [0.2, 0.25) is 0 Å². The fourth-order valence-corrected chi connectivity index (χ4v) is 2.08. The monoisotopic (exact) mass is 280 g/mol. The van der Waals surface area contributed by atoms with Crippen LogP contribution in [0.25, 0.3) is 11.4 Å². The van der Waals surface area contributed by atoms with E-state index in [0.29, 0.717) is 22.8 Å². The predicted molar refractivity (Wildman–Crippen MR) is 69.8 cm³/mol. The Morgan fingerprint density at radius 3 is 2.84 bits per heavy atom. The van der Waals surface area contributed by atoms with Crippen molar-refractivity contribution in [3.63, 3.8) is 0 Å². The minimum atomic E-state index is -0.882. The van der Waals surface area contributed by atoms with Gasteiger partial charge in [0.15, 0.2) is 5.82 Å². The largest absolute Gasteiger partial charge is 0.481 e. The molecule has 0 aliphatic heterocycles. The molecular weight excluding hydrogens is 268 g/mol. The summed E-state index contributed by atoms with van der Waals surface area (Å²) in [7, 11) is 0. The number of carbonyl (C=O) groups is 1. The molecule has 2 rings (SSSR count). The van der Waals surface area contributed by atoms with E-state index in [4.69, 9.17) is 16.7 Å². The van der Waals surface area contributed by atoms with E-state index >= 15 is 0 Å². The SMILES string of the molecule is CCC(CC(=O)O)n1nnnc1-c1ccccc1Cl. The zero-order chi connectivity index (χ0) is 13.8. The molecule has 1 N–H and O–H groups in total. The average molecular weight is 281 g/mol. The van der Waals surface area contributed by atoms with Gasteiger partial charge in [-0.25, -0.2) is 4.68 Å². The number of aliphatic carboxylic acids is 1. The standard InChI is InChI=1S/C12H13ClN4O2/c1-2-8(7-11(18)19)17-12(14-15-16-17)9-5-3-4-6-10(9)13/h3-6,8H,2,7H2,1H3,(H,18,19). The molecule has 1 unspecified atom stereocenters. The molecule has 0 bridgehead atoms. The molecule has 1 atom stereocenters. The van der Waals surface area contributed by atoms with Crippen LogP contribution in [-0.2, 0) is 4.79 Å². The molecule has 0 saturated heterocycles. The van der Waals surface area contributed by atoms with Gasteiger partial charge in [0, 0.05) is 5.56 Å². The maximum atomic E-state index is 10.9. The van der Waals surface area contributed by atoms with Gasteiger partial charge in [-0.15, -0.1) is 5.10 Å². The molecule has 100 valence electrons. The quantitative estimate of drug-likeness (QED) is 0.909. The number of benzene rings is 1. The van der Waals surface area contributed by atoms with Crippen LogP contribution < -0.4 is 0 Å². The summed E-state index contributed by atoms with van der Waals surface area (Å²) in [6.07, 6.45) is 0.591. The van der Waals surface area contributed by atoms with Crippen LogP contribution in [0.5, 0.6) is 0 Å². The second-order valence-corrected chi connectivity index (χ2v) is 4.49. The van der Waals surface area contributed by atoms with Gasteiger partial charge in [-0.1, -0.05) is 30.7 Å². The molecule has 7 heteroatoms. The minimum absolute atomic E-state index is 0.0288. The molecule has 19 heavy (non-hydrogen) atoms. The first-order chi connectivity index (χ1) is 9.13. The van der Waals surface area contributed by atoms with Crippen LogP contribution in [0.1, 0.15) is 25.8 Å². The van der Waals surface area contributed by atoms with Crippen molar-refractivity contribution in [2.24, 2.45) is 0 Å². The molecule has 1 heterocycles. The first-order valence-corrected chi connectivity index (χ1v) is 6.25. The Kier molecular flexibility index (Phi) is 4.11. The molecule has 0 aliphatic carbocycles. The van der Waals surface area contributed by atoms with Gasteiger partial charge in [0.1, 0.15) is 0 Å². The summed E-state index contributed by atoms with van der Waals surface area (Å²) in [4.78, 5) is 10.9. The van der Waals surface area contributed by atoms with Crippen LogP contribution in [0, 0.1) is 0 Å². The fraction of sp³-hybridized carbons (Fsp3) is 0.333. The van der Waals surface area contributed by atoms with Gasteiger partial charge in [-0.3, -0.25) is 4.79 Å². The molecule has 0 amide bonds. The topological polar surface area (TPSA) is 80.9 Å². The van der Waals surface area contributed by atoms with Gasteiger partial charge in [-0.05, 0) is 29.0 Å². The molecule has 2 aromatic rings. The van der Waals surface area contributed by atoms with Crippen LogP contribution in [0.4, 0.5) is 0 Å². The Morgan fingerprint density at radius 2 is 2.21 bits per heavy atom. The lowest BCUT2D eigenvalue weighted by Crippen LogP contribution is -2.15. The number of nitrogens with zero attached hydrogens (tertiary/aromatic N) is 4. The zero-order valence-electron chi connectivity index (χ0n) is 10.3. The van der Waals surface area contributed by atoms with Crippen LogP contribution in [0.15, 0.2) is 24.3 Å². The maximum Gasteiger partial charge on any atom is 0.305 e. The maximum absolute atomic E-state index is 10.9. The molecule has 0 saturated carbocycles. The van der Waals surface area contributed by atoms with Gasteiger partial charge in [-0.2, -0.15) is 0 Å². The van der Waals surface area contributed by atoms with Crippen molar-refractivity contribution in [3.05, 3.63) is 29.3 Å². The van der Waals surface area contributed by atoms with E-state index in [1.54, 1.807) is 12.1 Å². The molecule has 1 aromatic heterocycles. The zero-order valence-corrected chi connectivity index (χ0v) is 11.1. The number of aromatic nitrogens is 4. The highest BCUT2D eigenvalue weighted by molar-refractivity contribution is 6.33. The van der Waals surface area contributed by atoms with Crippen molar-refractivity contribution in [3.8, 4) is 11.4 Å². The lowest BCUT2D eigenvalue weighted by atomic mass is 10.1. The Balaban J connectivity index is 2.42. The van der Waals surface area contributed by atoms with Gasteiger partial charge in [0.25, 0.3) is 0 Å². The molecule has 1 aromatic carbocycles. The summed E-state index contributed by atoms with van der Waals surface area (Å²) in [5.41, 5.74) is 0.693. The molecule has 0 fully saturated rings. The number of rotatable bonds is 5. The third-order valence-corrected chi connectivity index (χ3v) is 3.16. The van der Waals surface area contributed by atoms with Crippen molar-refractivity contribution < 1.29 is 9.90 Å². The fourth-order valence-electron chi connectivity index (χ4n) is 1.86. The molecule has 6 nitrogen and oxygen atoms in total. The summed E-state index contributed by atoms with van der Waals surface area (Å²) < 4.78 is 1.52. The van der Waals surface area contributed by atoms with E-state index in [-0.39, 0.29) is 12.5 Å². The van der Waals surface area contributed by atoms with Gasteiger partial charge >= 0.3 is 5.97 Å². The van der Waals surface area contributed by atoms with Gasteiger partial charge < -0.3 is 5.11 Å². The normalized spacial score (nSPS) is 12.3. The second-order valence-electron chi connectivity index (χ2n) is 4.09. The van der Waals surface area contributed by atoms with Crippen LogP contribution in [0.2, 0.25) is 5.02 Å². The molecular formula is C12H13ClN4O2. The van der Waals surface area contributed by atoms with Crippen molar-refractivity contribution in [1.82, 2.24) is 20.2 Å². The summed E-state index contributed by atoms with van der Waals surface area (Å²) in [5, 5.41) is 20.9. The van der Waals surface area contributed by atoms with Crippen LogP contribution >= 0.6 is 11.6 Å². The van der Waals surface area contributed by atoms with E-state index in [2.05, 4.69) is 15.5 Å². The van der Waals surface area contributed by atoms with Crippen LogP contribution in [-0.4, -0.2) is 31.3 Å². The predicted octanol–water partition coefficient (Wildman–Crippen LogP) is 2.42. The Bertz CT molecular complexity index is 585. The lowest BCUT2D eigenvalue weighted by Gasteiger charge is -2.14. The summed E-state index contributed by atoms with van der Waals surface area (Å²) in [5.74, 6) is -0.397. The molecule has 0 spiro atoms. The smallest absolute Gasteiger partial charge is 0.305 e. The summed E-state index contributed by atoms with van der Waals surface area (Å²) >= 11 is 6.12. The Morgan fingerprint density at radius 1 is 1.47 bits per heavy atom. The third kappa shape index (κ3) is 2.90. The first-order valence-electron chi connectivity index (χ1n) is 5.88. The Hall–Kier alpha value is -1.95. The number of carboxylic acid groups (broad SMARTS) is 1. The Labute approximate surface area is 115 Å². The number of hydrogen-bond donors (Lipinski definition) is 1. The summed E-state index contributed by atoms with van der Waals surface area (Å²) in [6.45, 7) is 1.89. The molecule has 0 aliphatic rings. The average Bonchev–Trinajstić information content (AvgIpc) is 2.85.